The molecule has 96 valence electrons. The summed E-state index contributed by atoms with van der Waals surface area (Å²) in [5, 5.41) is 8.96. The van der Waals surface area contributed by atoms with Crippen molar-refractivity contribution in [3.8, 4) is 17.7 Å². The summed E-state index contributed by atoms with van der Waals surface area (Å²) in [5.74, 6) is 1.71. The summed E-state index contributed by atoms with van der Waals surface area (Å²) in [7, 11) is 0. The average molecular weight is 274 g/mol. The molecule has 4 nitrogen and oxygen atoms in total. The number of aryl methyl sites for hydroxylation is 1. The number of aromatic nitrogens is 2. The molecule has 1 aromatic heterocycles. The highest BCUT2D eigenvalue weighted by molar-refractivity contribution is 6.29. The highest BCUT2D eigenvalue weighted by Gasteiger charge is 2.04. The van der Waals surface area contributed by atoms with Crippen LogP contribution in [0.3, 0.4) is 0 Å². The maximum Gasteiger partial charge on any atom is 0.224 e. The van der Waals surface area contributed by atoms with Crippen LogP contribution in [0.2, 0.25) is 5.15 Å². The van der Waals surface area contributed by atoms with Crippen LogP contribution >= 0.6 is 11.6 Å². The average Bonchev–Trinajstić information content (AvgIpc) is 2.40. The summed E-state index contributed by atoms with van der Waals surface area (Å²) < 4.78 is 5.62. The summed E-state index contributed by atoms with van der Waals surface area (Å²) in [5.41, 5.74) is 0.949. The lowest BCUT2D eigenvalue weighted by atomic mass is 10.2. The molecule has 5 heteroatoms. The molecular formula is C14H12ClN3O. The van der Waals surface area contributed by atoms with Crippen LogP contribution in [0, 0.1) is 11.3 Å². The Morgan fingerprint density at radius 2 is 2.00 bits per heavy atom. The summed E-state index contributed by atoms with van der Waals surface area (Å²) in [6, 6.07) is 11.0. The van der Waals surface area contributed by atoms with Crippen molar-refractivity contribution in [1.29, 1.82) is 5.26 Å². The van der Waals surface area contributed by atoms with Gasteiger partial charge in [-0.15, -0.1) is 0 Å². The molecule has 2 aromatic rings. The molecule has 0 spiro atoms. The van der Waals surface area contributed by atoms with Crippen LogP contribution in [-0.2, 0) is 12.8 Å². The smallest absolute Gasteiger partial charge is 0.224 e. The molecule has 0 atom stereocenters. The molecule has 19 heavy (non-hydrogen) atoms. The van der Waals surface area contributed by atoms with Crippen molar-refractivity contribution in [3.63, 3.8) is 0 Å². The van der Waals surface area contributed by atoms with Gasteiger partial charge in [0.15, 0.2) is 0 Å². The number of halogens is 1. The normalized spacial score (nSPS) is 9.95. The standard InChI is InChI=1S/C14H12ClN3O/c1-2-13-17-12(15)9-14(18-13)19-11-5-3-10(4-6-11)7-8-16/h3-6,9H,2,7H2,1H3. The third-order valence-electron chi connectivity index (χ3n) is 2.46. The van der Waals surface area contributed by atoms with Crippen LogP contribution in [0.15, 0.2) is 30.3 Å². The van der Waals surface area contributed by atoms with Crippen molar-refractivity contribution < 1.29 is 4.74 Å². The lowest BCUT2D eigenvalue weighted by molar-refractivity contribution is 0.458. The predicted octanol–water partition coefficient (Wildman–Crippen LogP) is 3.55. The van der Waals surface area contributed by atoms with Crippen LogP contribution in [0.5, 0.6) is 11.6 Å². The van der Waals surface area contributed by atoms with E-state index in [1.165, 1.54) is 0 Å². The Balaban J connectivity index is 2.16. The van der Waals surface area contributed by atoms with E-state index in [0.717, 1.165) is 5.56 Å². The predicted molar refractivity (Wildman–Crippen MR) is 72.3 cm³/mol. The lowest BCUT2D eigenvalue weighted by Gasteiger charge is -2.06. The number of rotatable bonds is 4. The minimum atomic E-state index is 0.364. The number of benzene rings is 1. The van der Waals surface area contributed by atoms with Gasteiger partial charge in [-0.05, 0) is 17.7 Å². The molecular weight excluding hydrogens is 262 g/mol. The fourth-order valence-corrected chi connectivity index (χ4v) is 1.73. The molecule has 0 unspecified atom stereocenters. The van der Waals surface area contributed by atoms with E-state index in [4.69, 9.17) is 21.6 Å². The second-order valence-electron chi connectivity index (χ2n) is 3.88. The zero-order valence-corrected chi connectivity index (χ0v) is 11.2. The van der Waals surface area contributed by atoms with E-state index >= 15 is 0 Å². The molecule has 0 saturated carbocycles. The van der Waals surface area contributed by atoms with Gasteiger partial charge in [0.2, 0.25) is 5.88 Å². The Bertz CT molecular complexity index is 605. The molecule has 0 aliphatic carbocycles. The van der Waals surface area contributed by atoms with E-state index in [9.17, 15) is 0 Å². The SMILES string of the molecule is CCc1nc(Cl)cc(Oc2ccc(CC#N)cc2)n1. The lowest BCUT2D eigenvalue weighted by Crippen LogP contribution is -1.96. The van der Waals surface area contributed by atoms with Crippen molar-refractivity contribution >= 4 is 11.6 Å². The van der Waals surface area contributed by atoms with Gasteiger partial charge in [0, 0.05) is 12.5 Å². The maximum absolute atomic E-state index is 8.60. The number of hydrogen-bond acceptors (Lipinski definition) is 4. The molecule has 0 bridgehead atoms. The third-order valence-corrected chi connectivity index (χ3v) is 2.66. The van der Waals surface area contributed by atoms with Gasteiger partial charge in [-0.25, -0.2) is 4.98 Å². The second kappa shape index (κ2) is 6.17. The zero-order valence-electron chi connectivity index (χ0n) is 10.4. The first kappa shape index (κ1) is 13.3. The number of nitriles is 1. The molecule has 0 saturated heterocycles. The summed E-state index contributed by atoms with van der Waals surface area (Å²) in [4.78, 5) is 8.31. The van der Waals surface area contributed by atoms with Gasteiger partial charge in [-0.2, -0.15) is 10.2 Å². The second-order valence-corrected chi connectivity index (χ2v) is 4.27. The molecule has 2 rings (SSSR count). The largest absolute Gasteiger partial charge is 0.439 e. The molecule has 0 aliphatic rings. The molecule has 0 N–H and O–H groups in total. The van der Waals surface area contributed by atoms with E-state index in [2.05, 4.69) is 16.0 Å². The summed E-state index contributed by atoms with van der Waals surface area (Å²) >= 11 is 5.89. The first-order valence-electron chi connectivity index (χ1n) is 5.88. The Hall–Kier alpha value is -2.12. The third kappa shape index (κ3) is 3.67. The zero-order chi connectivity index (χ0) is 13.7. The van der Waals surface area contributed by atoms with E-state index in [-0.39, 0.29) is 0 Å². The van der Waals surface area contributed by atoms with Crippen LogP contribution in [0.1, 0.15) is 18.3 Å². The van der Waals surface area contributed by atoms with Crippen molar-refractivity contribution in [2.24, 2.45) is 0 Å². The minimum absolute atomic E-state index is 0.364. The first-order chi connectivity index (χ1) is 9.21. The van der Waals surface area contributed by atoms with Gasteiger partial charge in [0.25, 0.3) is 0 Å². The monoisotopic (exact) mass is 273 g/mol. The van der Waals surface area contributed by atoms with Gasteiger partial charge in [-0.3, -0.25) is 0 Å². The van der Waals surface area contributed by atoms with Crippen molar-refractivity contribution in [3.05, 3.63) is 46.9 Å². The summed E-state index contributed by atoms with van der Waals surface area (Å²) in [6.07, 6.45) is 1.08. The fraction of sp³-hybridized carbons (Fsp3) is 0.214. The van der Waals surface area contributed by atoms with Crippen molar-refractivity contribution in [2.75, 3.05) is 0 Å². The Labute approximate surface area is 116 Å². The number of nitrogens with zero attached hydrogens (tertiary/aromatic N) is 3. The van der Waals surface area contributed by atoms with Gasteiger partial charge in [-0.1, -0.05) is 30.7 Å². The maximum atomic E-state index is 8.60. The van der Waals surface area contributed by atoms with E-state index < -0.39 is 0 Å². The Morgan fingerprint density at radius 3 is 2.63 bits per heavy atom. The van der Waals surface area contributed by atoms with Gasteiger partial charge >= 0.3 is 0 Å². The van der Waals surface area contributed by atoms with E-state index in [1.807, 2.05) is 19.1 Å². The quantitative estimate of drug-likeness (QED) is 0.799. The molecule has 0 fully saturated rings. The Kier molecular flexibility index (Phi) is 4.32. The van der Waals surface area contributed by atoms with Gasteiger partial charge in [0.05, 0.1) is 12.5 Å². The molecule has 0 radical (unpaired) electrons. The topological polar surface area (TPSA) is 58.8 Å². The van der Waals surface area contributed by atoms with Crippen LogP contribution in [0.25, 0.3) is 0 Å². The van der Waals surface area contributed by atoms with Gasteiger partial charge in [0.1, 0.15) is 16.7 Å². The highest BCUT2D eigenvalue weighted by Crippen LogP contribution is 2.22. The molecule has 1 heterocycles. The van der Waals surface area contributed by atoms with E-state index in [1.54, 1.807) is 18.2 Å². The first-order valence-corrected chi connectivity index (χ1v) is 6.26. The summed E-state index contributed by atoms with van der Waals surface area (Å²) in [6.45, 7) is 1.95. The molecule has 0 amide bonds. The fourth-order valence-electron chi connectivity index (χ4n) is 1.54. The number of ether oxygens (including phenoxy) is 1. The van der Waals surface area contributed by atoms with Crippen LogP contribution in [0.4, 0.5) is 0 Å². The minimum Gasteiger partial charge on any atom is -0.439 e. The van der Waals surface area contributed by atoms with Crippen LogP contribution in [-0.4, -0.2) is 9.97 Å². The molecule has 1 aromatic carbocycles. The van der Waals surface area contributed by atoms with Crippen molar-refractivity contribution in [1.82, 2.24) is 9.97 Å². The Morgan fingerprint density at radius 1 is 1.26 bits per heavy atom. The van der Waals surface area contributed by atoms with Gasteiger partial charge < -0.3 is 4.74 Å². The molecule has 0 aliphatic heterocycles. The van der Waals surface area contributed by atoms with E-state index in [0.29, 0.717) is 35.4 Å². The van der Waals surface area contributed by atoms with Crippen molar-refractivity contribution in [2.45, 2.75) is 19.8 Å². The highest BCUT2D eigenvalue weighted by atomic mass is 35.5. The van der Waals surface area contributed by atoms with Crippen LogP contribution < -0.4 is 4.74 Å². The number of hydrogen-bond donors (Lipinski definition) is 0.